The zero-order chi connectivity index (χ0) is 12.9. The zero-order valence-corrected chi connectivity index (χ0v) is 11.4. The van der Waals surface area contributed by atoms with E-state index in [1.54, 1.807) is 12.5 Å². The summed E-state index contributed by atoms with van der Waals surface area (Å²) in [6.07, 6.45) is 0.594. The normalized spacial score (nSPS) is 11.6. The predicted molar refractivity (Wildman–Crippen MR) is 66.0 cm³/mol. The van der Waals surface area contributed by atoms with Crippen molar-refractivity contribution in [1.82, 2.24) is 4.72 Å². The highest BCUT2D eigenvalue weighted by Gasteiger charge is 2.21. The first-order valence-electron chi connectivity index (χ1n) is 5.06. The molecule has 7 heteroatoms. The molecule has 1 heterocycles. The van der Waals surface area contributed by atoms with Crippen LogP contribution in [0.4, 0.5) is 0 Å². The van der Waals surface area contributed by atoms with Crippen LogP contribution in [0.15, 0.2) is 15.7 Å². The van der Waals surface area contributed by atoms with Gasteiger partial charge in [-0.15, -0.1) is 11.3 Å². The Morgan fingerprint density at radius 1 is 1.53 bits per heavy atom. The largest absolute Gasteiger partial charge is 0.385 e. The highest BCUT2D eigenvalue weighted by atomic mass is 32.2. The molecule has 0 spiro atoms. The van der Waals surface area contributed by atoms with E-state index < -0.39 is 10.0 Å². The fourth-order valence-corrected chi connectivity index (χ4v) is 3.82. The molecule has 1 aromatic rings. The first-order valence-corrected chi connectivity index (χ1v) is 7.42. The second-order valence-electron chi connectivity index (χ2n) is 3.42. The van der Waals surface area contributed by atoms with Crippen molar-refractivity contribution in [3.8, 4) is 0 Å². The van der Waals surface area contributed by atoms with Crippen LogP contribution < -0.4 is 4.72 Å². The van der Waals surface area contributed by atoms with Crippen LogP contribution in [0, 0.1) is 0 Å². The lowest BCUT2D eigenvalue weighted by atomic mass is 10.2. The summed E-state index contributed by atoms with van der Waals surface area (Å²) in [4.78, 5) is 11.2. The minimum absolute atomic E-state index is 0.0856. The molecule has 0 saturated carbocycles. The quantitative estimate of drug-likeness (QED) is 0.601. The van der Waals surface area contributed by atoms with Crippen LogP contribution in [-0.4, -0.2) is 34.5 Å². The molecule has 96 valence electrons. The summed E-state index contributed by atoms with van der Waals surface area (Å²) in [5.41, 5.74) is 0.245. The van der Waals surface area contributed by atoms with Gasteiger partial charge in [0.2, 0.25) is 0 Å². The van der Waals surface area contributed by atoms with Gasteiger partial charge in [-0.05, 0) is 24.8 Å². The van der Waals surface area contributed by atoms with Crippen molar-refractivity contribution < 1.29 is 17.9 Å². The number of nitrogens with one attached hydrogen (secondary N) is 1. The monoisotopic (exact) mass is 277 g/mol. The summed E-state index contributed by atoms with van der Waals surface area (Å²) in [7, 11) is -2.02. The van der Waals surface area contributed by atoms with Gasteiger partial charge in [-0.3, -0.25) is 4.79 Å². The molecule has 0 atom stereocenters. The summed E-state index contributed by atoms with van der Waals surface area (Å²) in [6.45, 7) is 2.14. The lowest BCUT2D eigenvalue weighted by Crippen LogP contribution is -2.25. The molecule has 0 saturated heterocycles. The summed E-state index contributed by atoms with van der Waals surface area (Å²) in [5.74, 6) is -0.247. The lowest BCUT2D eigenvalue weighted by Gasteiger charge is -2.05. The van der Waals surface area contributed by atoms with Crippen molar-refractivity contribution in [2.24, 2.45) is 0 Å². The molecule has 17 heavy (non-hydrogen) atoms. The van der Waals surface area contributed by atoms with Crippen LogP contribution in [0.25, 0.3) is 0 Å². The Kier molecular flexibility index (Phi) is 5.26. The number of sulfonamides is 1. The Hall–Kier alpha value is -0.760. The van der Waals surface area contributed by atoms with Crippen LogP contribution in [0.2, 0.25) is 0 Å². The zero-order valence-electron chi connectivity index (χ0n) is 9.73. The maximum Gasteiger partial charge on any atom is 0.250 e. The topological polar surface area (TPSA) is 72.5 Å². The van der Waals surface area contributed by atoms with Gasteiger partial charge in [0.1, 0.15) is 4.21 Å². The first-order chi connectivity index (χ1) is 7.99. The van der Waals surface area contributed by atoms with Crippen LogP contribution in [-0.2, 0) is 14.8 Å². The Balaban J connectivity index is 2.76. The minimum atomic E-state index is -3.58. The molecule has 1 rings (SSSR count). The van der Waals surface area contributed by atoms with Gasteiger partial charge in [0.15, 0.2) is 5.78 Å². The second-order valence-corrected chi connectivity index (χ2v) is 6.30. The van der Waals surface area contributed by atoms with Gasteiger partial charge < -0.3 is 4.74 Å². The molecule has 0 unspecified atom stereocenters. The second kappa shape index (κ2) is 6.25. The fraction of sp³-hybridized carbons (Fsp3) is 0.500. The van der Waals surface area contributed by atoms with Crippen molar-refractivity contribution in [3.63, 3.8) is 0 Å². The average molecular weight is 277 g/mol. The van der Waals surface area contributed by atoms with Crippen molar-refractivity contribution in [1.29, 1.82) is 0 Å². The van der Waals surface area contributed by atoms with E-state index in [0.29, 0.717) is 19.6 Å². The highest BCUT2D eigenvalue weighted by Crippen LogP contribution is 2.22. The molecular formula is C10H15NO4S2. The number of Topliss-reactive ketones (excluding diaryl/α,β-unsaturated/α-hetero) is 1. The molecule has 0 aliphatic carbocycles. The van der Waals surface area contributed by atoms with E-state index in [-0.39, 0.29) is 15.6 Å². The van der Waals surface area contributed by atoms with Crippen molar-refractivity contribution >= 4 is 27.1 Å². The maximum absolute atomic E-state index is 11.9. The Bertz CT molecular complexity index is 478. The molecule has 0 bridgehead atoms. The molecule has 1 aromatic heterocycles. The van der Waals surface area contributed by atoms with Gasteiger partial charge in [0, 0.05) is 25.8 Å². The summed E-state index contributed by atoms with van der Waals surface area (Å²) < 4.78 is 31.1. The molecule has 0 fully saturated rings. The summed E-state index contributed by atoms with van der Waals surface area (Å²) in [5, 5.41) is 1.60. The van der Waals surface area contributed by atoms with Crippen LogP contribution in [0.5, 0.6) is 0 Å². The summed E-state index contributed by atoms with van der Waals surface area (Å²) in [6, 6.07) is 1.52. The molecule has 0 aromatic carbocycles. The molecule has 1 N–H and O–H groups in total. The number of hydrogen-bond acceptors (Lipinski definition) is 5. The first kappa shape index (κ1) is 14.3. The number of methoxy groups -OCH3 is 1. The lowest BCUT2D eigenvalue weighted by molar-refractivity contribution is 0.101. The highest BCUT2D eigenvalue weighted by molar-refractivity contribution is 7.91. The molecule has 0 aliphatic rings. The van der Waals surface area contributed by atoms with Gasteiger partial charge in [0.05, 0.1) is 0 Å². The number of ketones is 1. The average Bonchev–Trinajstić information content (AvgIpc) is 2.74. The van der Waals surface area contributed by atoms with Crippen molar-refractivity contribution in [2.75, 3.05) is 20.3 Å². The van der Waals surface area contributed by atoms with E-state index in [1.807, 2.05) is 0 Å². The Morgan fingerprint density at radius 3 is 2.82 bits per heavy atom. The van der Waals surface area contributed by atoms with E-state index in [0.717, 1.165) is 11.3 Å². The smallest absolute Gasteiger partial charge is 0.250 e. The molecular weight excluding hydrogens is 262 g/mol. The number of ether oxygens (including phenoxy) is 1. The molecule has 0 amide bonds. The third-order valence-electron chi connectivity index (χ3n) is 2.07. The van der Waals surface area contributed by atoms with E-state index in [2.05, 4.69) is 4.72 Å². The van der Waals surface area contributed by atoms with E-state index in [1.165, 1.54) is 13.0 Å². The van der Waals surface area contributed by atoms with Crippen LogP contribution in [0.1, 0.15) is 23.7 Å². The van der Waals surface area contributed by atoms with Crippen LogP contribution in [0.3, 0.4) is 0 Å². The summed E-state index contributed by atoms with van der Waals surface area (Å²) >= 11 is 1.05. The Labute approximate surface area is 105 Å². The van der Waals surface area contributed by atoms with Gasteiger partial charge in [0.25, 0.3) is 10.0 Å². The van der Waals surface area contributed by atoms with Gasteiger partial charge >= 0.3 is 0 Å². The number of thiophene rings is 1. The SMILES string of the molecule is COCCCNS(=O)(=O)c1sccc1C(C)=O. The number of carbonyl (C=O) groups is 1. The van der Waals surface area contributed by atoms with Gasteiger partial charge in [-0.1, -0.05) is 0 Å². The number of rotatable bonds is 7. The Morgan fingerprint density at radius 2 is 2.24 bits per heavy atom. The third kappa shape index (κ3) is 3.88. The fourth-order valence-electron chi connectivity index (χ4n) is 1.25. The van der Waals surface area contributed by atoms with Crippen molar-refractivity contribution in [3.05, 3.63) is 17.0 Å². The van der Waals surface area contributed by atoms with E-state index in [4.69, 9.17) is 4.74 Å². The van der Waals surface area contributed by atoms with Crippen LogP contribution >= 0.6 is 11.3 Å². The predicted octanol–water partition coefficient (Wildman–Crippen LogP) is 1.27. The minimum Gasteiger partial charge on any atom is -0.385 e. The molecule has 5 nitrogen and oxygen atoms in total. The standard InChI is InChI=1S/C10H15NO4S2/c1-8(12)9-4-7-16-10(9)17(13,14)11-5-3-6-15-2/h4,7,11H,3,5-6H2,1-2H3. The van der Waals surface area contributed by atoms with Gasteiger partial charge in [-0.2, -0.15) is 0 Å². The number of hydrogen-bond donors (Lipinski definition) is 1. The van der Waals surface area contributed by atoms with Gasteiger partial charge in [-0.25, -0.2) is 13.1 Å². The number of carbonyl (C=O) groups excluding carboxylic acids is 1. The van der Waals surface area contributed by atoms with E-state index in [9.17, 15) is 13.2 Å². The maximum atomic E-state index is 11.9. The third-order valence-corrected chi connectivity index (χ3v) is 5.02. The van der Waals surface area contributed by atoms with E-state index >= 15 is 0 Å². The van der Waals surface area contributed by atoms with Crippen molar-refractivity contribution in [2.45, 2.75) is 17.6 Å². The molecule has 0 radical (unpaired) electrons. The molecule has 0 aliphatic heterocycles.